The number of methoxy groups -OCH3 is 1. The Morgan fingerprint density at radius 3 is 1.81 bits per heavy atom. The number of hydrogen-bond donors (Lipinski definition) is 0. The van der Waals surface area contributed by atoms with Crippen LogP contribution in [0.1, 0.15) is 37.5 Å². The molecule has 0 amide bonds. The SMILES string of the molecule is CCO[Si](Cc1cc(C)c(OC)cc1C)(OCC)OCC. The molecule has 0 atom stereocenters. The Morgan fingerprint density at radius 2 is 1.38 bits per heavy atom. The predicted molar refractivity (Wildman–Crippen MR) is 86.8 cm³/mol. The standard InChI is InChI=1S/C16H28O4Si/c1-7-18-21(19-8-2,20-9-3)12-15-10-14(5)16(17-6)11-13(15)4/h10-11H,7-9,12H2,1-6H3. The van der Waals surface area contributed by atoms with Gasteiger partial charge in [0.15, 0.2) is 0 Å². The summed E-state index contributed by atoms with van der Waals surface area (Å²) in [5, 5.41) is 0. The van der Waals surface area contributed by atoms with Crippen LogP contribution < -0.4 is 4.74 Å². The zero-order valence-electron chi connectivity index (χ0n) is 14.1. The fourth-order valence-electron chi connectivity index (χ4n) is 2.43. The van der Waals surface area contributed by atoms with Crippen LogP contribution in [0.15, 0.2) is 12.1 Å². The van der Waals surface area contributed by atoms with Crippen molar-refractivity contribution >= 4 is 8.80 Å². The molecule has 0 aliphatic heterocycles. The van der Waals surface area contributed by atoms with Gasteiger partial charge in [-0.3, -0.25) is 0 Å². The van der Waals surface area contributed by atoms with E-state index in [2.05, 4.69) is 19.1 Å². The van der Waals surface area contributed by atoms with Crippen LogP contribution in [0.2, 0.25) is 0 Å². The number of ether oxygens (including phenoxy) is 1. The Bertz CT molecular complexity index is 431. The van der Waals surface area contributed by atoms with Crippen molar-refractivity contribution in [3.63, 3.8) is 0 Å². The van der Waals surface area contributed by atoms with Gasteiger partial charge in [-0.1, -0.05) is 6.07 Å². The molecular weight excluding hydrogens is 284 g/mol. The molecule has 0 aromatic heterocycles. The molecule has 0 heterocycles. The van der Waals surface area contributed by atoms with Gasteiger partial charge in [0.05, 0.1) is 7.11 Å². The molecule has 0 fully saturated rings. The van der Waals surface area contributed by atoms with Crippen molar-refractivity contribution < 1.29 is 18.0 Å². The fraction of sp³-hybridized carbons (Fsp3) is 0.625. The second-order valence-electron chi connectivity index (χ2n) is 4.91. The minimum absolute atomic E-state index is 0.598. The zero-order chi connectivity index (χ0) is 15.9. The quantitative estimate of drug-likeness (QED) is 0.655. The third-order valence-electron chi connectivity index (χ3n) is 3.35. The number of rotatable bonds is 9. The summed E-state index contributed by atoms with van der Waals surface area (Å²) in [4.78, 5) is 0. The maximum absolute atomic E-state index is 5.93. The first-order valence-corrected chi connectivity index (χ1v) is 9.51. The molecule has 1 aromatic rings. The van der Waals surface area contributed by atoms with Crippen LogP contribution in [0.3, 0.4) is 0 Å². The molecule has 0 bridgehead atoms. The lowest BCUT2D eigenvalue weighted by Crippen LogP contribution is -2.48. The van der Waals surface area contributed by atoms with E-state index in [0.29, 0.717) is 25.9 Å². The van der Waals surface area contributed by atoms with Gasteiger partial charge in [0.25, 0.3) is 0 Å². The van der Waals surface area contributed by atoms with E-state index in [0.717, 1.165) is 11.3 Å². The lowest BCUT2D eigenvalue weighted by molar-refractivity contribution is 0.0703. The molecule has 120 valence electrons. The second-order valence-corrected chi connectivity index (χ2v) is 7.49. The Morgan fingerprint density at radius 1 is 0.857 bits per heavy atom. The number of hydrogen-bond acceptors (Lipinski definition) is 4. The van der Waals surface area contributed by atoms with Crippen LogP contribution in [0, 0.1) is 13.8 Å². The van der Waals surface area contributed by atoms with Gasteiger partial charge in [-0.2, -0.15) is 0 Å². The Balaban J connectivity index is 3.09. The maximum atomic E-state index is 5.93. The van der Waals surface area contributed by atoms with Crippen LogP contribution in [-0.4, -0.2) is 35.7 Å². The Labute approximate surface area is 129 Å². The molecule has 1 aromatic carbocycles. The van der Waals surface area contributed by atoms with Crippen molar-refractivity contribution in [2.75, 3.05) is 26.9 Å². The minimum atomic E-state index is -2.66. The average molecular weight is 312 g/mol. The third kappa shape index (κ3) is 4.81. The molecule has 0 radical (unpaired) electrons. The highest BCUT2D eigenvalue weighted by atomic mass is 28.4. The van der Waals surface area contributed by atoms with Crippen LogP contribution in [0.5, 0.6) is 5.75 Å². The lowest BCUT2D eigenvalue weighted by Gasteiger charge is -2.29. The summed E-state index contributed by atoms with van der Waals surface area (Å²) in [6, 6.07) is 4.90. The molecule has 0 aliphatic rings. The van der Waals surface area contributed by atoms with Gasteiger partial charge >= 0.3 is 8.80 Å². The summed E-state index contributed by atoms with van der Waals surface area (Å²) in [7, 11) is -0.964. The van der Waals surface area contributed by atoms with E-state index >= 15 is 0 Å². The summed E-state index contributed by atoms with van der Waals surface area (Å²) in [5.74, 6) is 0.910. The van der Waals surface area contributed by atoms with E-state index in [1.165, 1.54) is 11.1 Å². The Hall–Kier alpha value is -0.883. The van der Waals surface area contributed by atoms with E-state index in [1.807, 2.05) is 27.7 Å². The van der Waals surface area contributed by atoms with Gasteiger partial charge in [0.1, 0.15) is 5.75 Å². The minimum Gasteiger partial charge on any atom is -0.496 e. The average Bonchev–Trinajstić information content (AvgIpc) is 2.43. The molecule has 0 spiro atoms. The van der Waals surface area contributed by atoms with Gasteiger partial charge in [-0.05, 0) is 57.4 Å². The fourth-order valence-corrected chi connectivity index (χ4v) is 5.15. The molecule has 0 aliphatic carbocycles. The van der Waals surface area contributed by atoms with Gasteiger partial charge in [-0.15, -0.1) is 0 Å². The van der Waals surface area contributed by atoms with Gasteiger partial charge in [-0.25, -0.2) is 0 Å². The maximum Gasteiger partial charge on any atom is 0.505 e. The monoisotopic (exact) mass is 312 g/mol. The van der Waals surface area contributed by atoms with Crippen molar-refractivity contribution in [3.05, 3.63) is 28.8 Å². The van der Waals surface area contributed by atoms with E-state index in [-0.39, 0.29) is 0 Å². The van der Waals surface area contributed by atoms with E-state index in [4.69, 9.17) is 18.0 Å². The lowest BCUT2D eigenvalue weighted by atomic mass is 10.1. The van der Waals surface area contributed by atoms with Gasteiger partial charge < -0.3 is 18.0 Å². The van der Waals surface area contributed by atoms with Crippen LogP contribution in [0.4, 0.5) is 0 Å². The van der Waals surface area contributed by atoms with Crippen molar-refractivity contribution in [1.82, 2.24) is 0 Å². The molecule has 1 rings (SSSR count). The van der Waals surface area contributed by atoms with Crippen LogP contribution in [-0.2, 0) is 19.3 Å². The van der Waals surface area contributed by atoms with Crippen molar-refractivity contribution in [1.29, 1.82) is 0 Å². The topological polar surface area (TPSA) is 36.9 Å². The van der Waals surface area contributed by atoms with Crippen molar-refractivity contribution in [3.8, 4) is 5.75 Å². The van der Waals surface area contributed by atoms with Crippen molar-refractivity contribution in [2.45, 2.75) is 40.7 Å². The number of benzene rings is 1. The Kier molecular flexibility index (Phi) is 7.38. The summed E-state index contributed by atoms with van der Waals surface area (Å²) in [5.41, 5.74) is 3.49. The predicted octanol–water partition coefficient (Wildman–Crippen LogP) is 3.44. The molecule has 0 N–H and O–H groups in total. The molecule has 5 heteroatoms. The first kappa shape index (κ1) is 18.2. The summed E-state index contributed by atoms with van der Waals surface area (Å²) >= 11 is 0. The molecule has 0 saturated carbocycles. The largest absolute Gasteiger partial charge is 0.505 e. The smallest absolute Gasteiger partial charge is 0.496 e. The molecule has 0 unspecified atom stereocenters. The highest BCUT2D eigenvalue weighted by Gasteiger charge is 2.41. The first-order valence-electron chi connectivity index (χ1n) is 7.57. The van der Waals surface area contributed by atoms with E-state index in [9.17, 15) is 0 Å². The van der Waals surface area contributed by atoms with E-state index in [1.54, 1.807) is 7.11 Å². The summed E-state index contributed by atoms with van der Waals surface area (Å²) in [6.45, 7) is 11.9. The molecule has 0 saturated heterocycles. The summed E-state index contributed by atoms with van der Waals surface area (Å²) in [6.07, 6.45) is 0. The zero-order valence-corrected chi connectivity index (χ0v) is 15.1. The molecule has 4 nitrogen and oxygen atoms in total. The molecule has 21 heavy (non-hydrogen) atoms. The van der Waals surface area contributed by atoms with Gasteiger partial charge in [0.2, 0.25) is 0 Å². The van der Waals surface area contributed by atoms with E-state index < -0.39 is 8.80 Å². The van der Waals surface area contributed by atoms with Crippen LogP contribution in [0.25, 0.3) is 0 Å². The third-order valence-corrected chi connectivity index (χ3v) is 6.35. The molecular formula is C16H28O4Si. The second kappa shape index (κ2) is 8.53. The van der Waals surface area contributed by atoms with Gasteiger partial charge in [0, 0.05) is 25.9 Å². The normalized spacial score (nSPS) is 11.7. The summed E-state index contributed by atoms with van der Waals surface area (Å²) < 4.78 is 23.2. The van der Waals surface area contributed by atoms with Crippen molar-refractivity contribution in [2.24, 2.45) is 0 Å². The van der Waals surface area contributed by atoms with Crippen LogP contribution >= 0.6 is 0 Å². The first-order chi connectivity index (χ1) is 10.0. The highest BCUT2D eigenvalue weighted by Crippen LogP contribution is 2.26. The number of aryl methyl sites for hydroxylation is 2. The highest BCUT2D eigenvalue weighted by molar-refractivity contribution is 6.60.